The number of carbonyl (C=O) groups excluding carboxylic acids is 2. The van der Waals surface area contributed by atoms with Crippen LogP contribution in [0.15, 0.2) is 18.5 Å². The molecule has 2 aromatic rings. The van der Waals surface area contributed by atoms with E-state index < -0.39 is 11.7 Å². The molecule has 1 N–H and O–H groups in total. The van der Waals surface area contributed by atoms with E-state index in [1.807, 2.05) is 12.1 Å². The molecule has 0 spiro atoms. The van der Waals surface area contributed by atoms with E-state index in [0.29, 0.717) is 24.2 Å². The highest BCUT2D eigenvalue weighted by Crippen LogP contribution is 2.19. The molecule has 9 nitrogen and oxygen atoms in total. The molecule has 0 bridgehead atoms. The van der Waals surface area contributed by atoms with E-state index in [4.69, 9.17) is 14.2 Å². The molecule has 1 amide bonds. The Morgan fingerprint density at radius 3 is 2.67 bits per heavy atom. The number of ether oxygens (including phenoxy) is 3. The summed E-state index contributed by atoms with van der Waals surface area (Å²) in [5.41, 5.74) is 0.981. The van der Waals surface area contributed by atoms with Crippen molar-refractivity contribution in [2.45, 2.75) is 52.2 Å². The van der Waals surface area contributed by atoms with Crippen molar-refractivity contribution in [3.8, 4) is 0 Å². The van der Waals surface area contributed by atoms with E-state index >= 15 is 0 Å². The van der Waals surface area contributed by atoms with E-state index in [1.165, 1.54) is 13.3 Å². The number of hydrogen-bond donors (Lipinski definition) is 1. The standard InChI is InChI=1S/C18H26N4O5/c1-12(23)26-10-14(25-5)8-6-13-7-9-15-16(19-11-20-22(13)15)21-17(24)27-18(2,3)4/h7,9,11,14H,6,8,10H2,1-5H3,(H,19,20,21,24). The predicted molar refractivity (Wildman–Crippen MR) is 98.6 cm³/mol. The van der Waals surface area contributed by atoms with E-state index in [1.54, 1.807) is 32.4 Å². The van der Waals surface area contributed by atoms with E-state index in [9.17, 15) is 9.59 Å². The van der Waals surface area contributed by atoms with Crippen LogP contribution in [0.3, 0.4) is 0 Å². The summed E-state index contributed by atoms with van der Waals surface area (Å²) in [6, 6.07) is 3.73. The highest BCUT2D eigenvalue weighted by Gasteiger charge is 2.18. The molecule has 2 aromatic heterocycles. The Morgan fingerprint density at radius 1 is 1.30 bits per heavy atom. The number of rotatable bonds is 7. The van der Waals surface area contributed by atoms with Crippen molar-refractivity contribution in [1.82, 2.24) is 14.6 Å². The van der Waals surface area contributed by atoms with Gasteiger partial charge in [0.15, 0.2) is 5.82 Å². The van der Waals surface area contributed by atoms with Crippen molar-refractivity contribution in [2.24, 2.45) is 0 Å². The molecule has 1 atom stereocenters. The first kappa shape index (κ1) is 20.6. The summed E-state index contributed by atoms with van der Waals surface area (Å²) in [6.07, 6.45) is 1.88. The molecule has 0 aliphatic rings. The SMILES string of the molecule is COC(CCc1ccc2c(NC(=O)OC(C)(C)C)ncnn12)COC(C)=O. The molecule has 9 heteroatoms. The smallest absolute Gasteiger partial charge is 0.413 e. The average molecular weight is 378 g/mol. The lowest BCUT2D eigenvalue weighted by Crippen LogP contribution is -2.27. The molecule has 0 fully saturated rings. The maximum absolute atomic E-state index is 12.0. The minimum Gasteiger partial charge on any atom is -0.463 e. The molecular weight excluding hydrogens is 352 g/mol. The zero-order valence-electron chi connectivity index (χ0n) is 16.3. The van der Waals surface area contributed by atoms with Gasteiger partial charge in [0.05, 0.1) is 6.10 Å². The van der Waals surface area contributed by atoms with Crippen LogP contribution in [0.1, 0.15) is 39.8 Å². The van der Waals surface area contributed by atoms with Gasteiger partial charge in [-0.05, 0) is 45.7 Å². The molecule has 2 heterocycles. The van der Waals surface area contributed by atoms with E-state index in [0.717, 1.165) is 5.69 Å². The van der Waals surface area contributed by atoms with Gasteiger partial charge >= 0.3 is 12.1 Å². The van der Waals surface area contributed by atoms with Gasteiger partial charge < -0.3 is 14.2 Å². The van der Waals surface area contributed by atoms with E-state index in [2.05, 4.69) is 15.4 Å². The molecular formula is C18H26N4O5. The second-order valence-corrected chi connectivity index (χ2v) is 7.06. The molecule has 0 aromatic carbocycles. The number of nitrogens with zero attached hydrogens (tertiary/aromatic N) is 3. The monoisotopic (exact) mass is 378 g/mol. The number of anilines is 1. The van der Waals surface area contributed by atoms with Crippen LogP contribution in [0.2, 0.25) is 0 Å². The quantitative estimate of drug-likeness (QED) is 0.738. The number of hydrogen-bond acceptors (Lipinski definition) is 7. The highest BCUT2D eigenvalue weighted by molar-refractivity contribution is 5.88. The van der Waals surface area contributed by atoms with Crippen LogP contribution < -0.4 is 5.32 Å². The third kappa shape index (κ3) is 6.21. The second kappa shape index (κ2) is 8.81. The first-order valence-corrected chi connectivity index (χ1v) is 8.67. The molecule has 148 valence electrons. The van der Waals surface area contributed by atoms with Gasteiger partial charge in [-0.2, -0.15) is 5.10 Å². The molecule has 0 saturated heterocycles. The summed E-state index contributed by atoms with van der Waals surface area (Å²) < 4.78 is 17.3. The Balaban J connectivity index is 2.08. The zero-order valence-corrected chi connectivity index (χ0v) is 16.3. The van der Waals surface area contributed by atoms with Gasteiger partial charge in [-0.3, -0.25) is 10.1 Å². The maximum Gasteiger partial charge on any atom is 0.413 e. The van der Waals surface area contributed by atoms with Gasteiger partial charge in [0.1, 0.15) is 24.1 Å². The van der Waals surface area contributed by atoms with Gasteiger partial charge in [0.25, 0.3) is 0 Å². The van der Waals surface area contributed by atoms with Crippen LogP contribution >= 0.6 is 0 Å². The summed E-state index contributed by atoms with van der Waals surface area (Å²) in [7, 11) is 1.58. The molecule has 0 aliphatic heterocycles. The normalized spacial score (nSPS) is 12.6. The van der Waals surface area contributed by atoms with E-state index in [-0.39, 0.29) is 18.7 Å². The van der Waals surface area contributed by atoms with Crippen LogP contribution in [-0.2, 0) is 25.4 Å². The summed E-state index contributed by atoms with van der Waals surface area (Å²) in [5.74, 6) is 0.0319. The Bertz CT molecular complexity index is 797. The van der Waals surface area contributed by atoms with Crippen LogP contribution in [0.5, 0.6) is 0 Å². The molecule has 27 heavy (non-hydrogen) atoms. The lowest BCUT2D eigenvalue weighted by Gasteiger charge is -2.19. The maximum atomic E-state index is 12.0. The fourth-order valence-electron chi connectivity index (χ4n) is 2.46. The first-order chi connectivity index (χ1) is 12.7. The number of nitrogens with one attached hydrogen (secondary N) is 1. The zero-order chi connectivity index (χ0) is 20.0. The van der Waals surface area contributed by atoms with Crippen molar-refractivity contribution < 1.29 is 23.8 Å². The molecule has 0 saturated carbocycles. The van der Waals surface area contributed by atoms with Gasteiger partial charge in [-0.1, -0.05) is 0 Å². The van der Waals surface area contributed by atoms with Crippen LogP contribution in [0.25, 0.3) is 5.52 Å². The highest BCUT2D eigenvalue weighted by atomic mass is 16.6. The number of amides is 1. The molecule has 2 rings (SSSR count). The van der Waals surface area contributed by atoms with Crippen LogP contribution in [0, 0.1) is 0 Å². The molecule has 1 unspecified atom stereocenters. The van der Waals surface area contributed by atoms with Gasteiger partial charge in [0.2, 0.25) is 0 Å². The number of esters is 1. The third-order valence-electron chi connectivity index (χ3n) is 3.68. The largest absolute Gasteiger partial charge is 0.463 e. The summed E-state index contributed by atoms with van der Waals surface area (Å²) >= 11 is 0. The van der Waals surface area contributed by atoms with Gasteiger partial charge in [0, 0.05) is 19.7 Å². The molecule has 0 radical (unpaired) electrons. The first-order valence-electron chi connectivity index (χ1n) is 8.67. The fourth-order valence-corrected chi connectivity index (χ4v) is 2.46. The average Bonchev–Trinajstić information content (AvgIpc) is 2.97. The topological polar surface area (TPSA) is 104 Å². The Hall–Kier alpha value is -2.68. The Labute approximate surface area is 158 Å². The van der Waals surface area contributed by atoms with Crippen molar-refractivity contribution in [1.29, 1.82) is 0 Å². The van der Waals surface area contributed by atoms with Crippen molar-refractivity contribution in [2.75, 3.05) is 19.0 Å². The Kier molecular flexibility index (Phi) is 6.73. The number of methoxy groups -OCH3 is 1. The number of fused-ring (bicyclic) bond motifs is 1. The van der Waals surface area contributed by atoms with Crippen LogP contribution in [-0.4, -0.2) is 52.1 Å². The lowest BCUT2D eigenvalue weighted by molar-refractivity contribution is -0.144. The summed E-state index contributed by atoms with van der Waals surface area (Å²) in [5, 5.41) is 6.90. The van der Waals surface area contributed by atoms with Crippen LogP contribution in [0.4, 0.5) is 10.6 Å². The van der Waals surface area contributed by atoms with Crippen molar-refractivity contribution in [3.05, 3.63) is 24.2 Å². The minimum absolute atomic E-state index is 0.204. The predicted octanol–water partition coefficient (Wildman–Crippen LogP) is 2.59. The summed E-state index contributed by atoms with van der Waals surface area (Å²) in [6.45, 7) is 6.94. The summed E-state index contributed by atoms with van der Waals surface area (Å²) in [4.78, 5) is 27.1. The lowest BCUT2D eigenvalue weighted by atomic mass is 10.1. The van der Waals surface area contributed by atoms with Crippen molar-refractivity contribution in [3.63, 3.8) is 0 Å². The Morgan fingerprint density at radius 2 is 2.04 bits per heavy atom. The minimum atomic E-state index is -0.600. The van der Waals surface area contributed by atoms with Crippen molar-refractivity contribution >= 4 is 23.4 Å². The van der Waals surface area contributed by atoms with Gasteiger partial charge in [-0.25, -0.2) is 14.3 Å². The van der Waals surface area contributed by atoms with Gasteiger partial charge in [-0.15, -0.1) is 0 Å². The number of carbonyl (C=O) groups is 2. The third-order valence-corrected chi connectivity index (χ3v) is 3.68. The number of aromatic nitrogens is 3. The fraction of sp³-hybridized carbons (Fsp3) is 0.556. The second-order valence-electron chi connectivity index (χ2n) is 7.06. The molecule has 0 aliphatic carbocycles. The number of aryl methyl sites for hydroxylation is 1.